The average Bonchev–Trinajstić information content (AvgIpc) is 2.56. The van der Waals surface area contributed by atoms with Gasteiger partial charge in [0.2, 0.25) is 5.91 Å². The summed E-state index contributed by atoms with van der Waals surface area (Å²) in [5.41, 5.74) is 1.32. The molecule has 3 rings (SSSR count). The van der Waals surface area contributed by atoms with E-state index in [1.54, 1.807) is 12.3 Å². The first kappa shape index (κ1) is 14.8. The lowest BCUT2D eigenvalue weighted by Crippen LogP contribution is -2.09. The highest BCUT2D eigenvalue weighted by molar-refractivity contribution is 6.03. The summed E-state index contributed by atoms with van der Waals surface area (Å²) in [6, 6.07) is 12.2. The number of rotatable bonds is 3. The third-order valence-electron chi connectivity index (χ3n) is 3.26. The van der Waals surface area contributed by atoms with Crippen LogP contribution in [0.1, 0.15) is 5.56 Å². The van der Waals surface area contributed by atoms with E-state index >= 15 is 0 Å². The van der Waals surface area contributed by atoms with Crippen LogP contribution >= 0.6 is 0 Å². The Hall–Kier alpha value is -3.08. The number of carbonyl (C=O) groups excluding carboxylic acids is 1. The van der Waals surface area contributed by atoms with Crippen molar-refractivity contribution in [3.8, 4) is 0 Å². The molecule has 0 unspecified atom stereocenters. The first-order valence-corrected chi connectivity index (χ1v) is 6.91. The summed E-state index contributed by atoms with van der Waals surface area (Å²) < 4.78 is 26.6. The molecule has 0 radical (unpaired) electrons. The van der Waals surface area contributed by atoms with Gasteiger partial charge in [0.1, 0.15) is 11.6 Å². The molecule has 114 valence electrons. The van der Waals surface area contributed by atoms with Gasteiger partial charge in [0.25, 0.3) is 0 Å². The number of hydrogen-bond donors (Lipinski definition) is 1. The monoisotopic (exact) mass is 310 g/mol. The number of aromatic nitrogens is 1. The van der Waals surface area contributed by atoms with Gasteiger partial charge in [-0.25, -0.2) is 8.78 Å². The molecule has 0 atom stereocenters. The summed E-state index contributed by atoms with van der Waals surface area (Å²) in [4.78, 5) is 16.2. The van der Waals surface area contributed by atoms with Crippen LogP contribution in [0.15, 0.2) is 60.8 Å². The topological polar surface area (TPSA) is 42.0 Å². The van der Waals surface area contributed by atoms with Crippen LogP contribution in [0.4, 0.5) is 14.5 Å². The van der Waals surface area contributed by atoms with Gasteiger partial charge in [0.05, 0.1) is 11.2 Å². The number of pyridine rings is 1. The van der Waals surface area contributed by atoms with Crippen LogP contribution in [0, 0.1) is 11.6 Å². The molecule has 3 aromatic rings. The van der Waals surface area contributed by atoms with Gasteiger partial charge in [-0.2, -0.15) is 0 Å². The van der Waals surface area contributed by atoms with Crippen molar-refractivity contribution in [1.29, 1.82) is 0 Å². The lowest BCUT2D eigenvalue weighted by molar-refractivity contribution is -0.111. The van der Waals surface area contributed by atoms with Crippen LogP contribution in [0.25, 0.3) is 17.0 Å². The van der Waals surface area contributed by atoms with E-state index < -0.39 is 17.5 Å². The van der Waals surface area contributed by atoms with Gasteiger partial charge in [-0.3, -0.25) is 9.78 Å². The molecule has 1 N–H and O–H groups in total. The van der Waals surface area contributed by atoms with Crippen molar-refractivity contribution in [3.05, 3.63) is 78.0 Å². The molecule has 0 saturated carbocycles. The predicted molar refractivity (Wildman–Crippen MR) is 85.8 cm³/mol. The summed E-state index contributed by atoms with van der Waals surface area (Å²) in [5.74, 6) is -1.87. The van der Waals surface area contributed by atoms with E-state index in [-0.39, 0.29) is 5.69 Å². The molecule has 0 spiro atoms. The molecule has 1 aromatic heterocycles. The van der Waals surface area contributed by atoms with Crippen molar-refractivity contribution in [1.82, 2.24) is 4.98 Å². The number of carbonyl (C=O) groups is 1. The Labute approximate surface area is 131 Å². The maximum atomic E-state index is 13.5. The Morgan fingerprint density at radius 2 is 1.91 bits per heavy atom. The fourth-order valence-electron chi connectivity index (χ4n) is 2.20. The van der Waals surface area contributed by atoms with Crippen molar-refractivity contribution in [2.75, 3.05) is 5.32 Å². The van der Waals surface area contributed by atoms with Gasteiger partial charge in [0.15, 0.2) is 0 Å². The van der Waals surface area contributed by atoms with Crippen molar-refractivity contribution in [2.45, 2.75) is 0 Å². The molecule has 3 nitrogen and oxygen atoms in total. The minimum absolute atomic E-state index is 0.198. The molecular weight excluding hydrogens is 298 g/mol. The maximum absolute atomic E-state index is 13.5. The third-order valence-corrected chi connectivity index (χ3v) is 3.26. The highest BCUT2D eigenvalue weighted by Crippen LogP contribution is 2.18. The van der Waals surface area contributed by atoms with Crippen LogP contribution in [0.2, 0.25) is 0 Å². The van der Waals surface area contributed by atoms with Crippen LogP contribution in [-0.4, -0.2) is 10.9 Å². The zero-order chi connectivity index (χ0) is 16.2. The minimum Gasteiger partial charge on any atom is -0.320 e. The second kappa shape index (κ2) is 6.36. The predicted octanol–water partition coefficient (Wildman–Crippen LogP) is 4.16. The van der Waals surface area contributed by atoms with Gasteiger partial charge in [0, 0.05) is 29.3 Å². The standard InChI is InChI=1S/C18H12F2N2O/c19-14-7-8-15(20)16(11-14)22-17(23)9-6-13-4-1-3-12-5-2-10-21-18(12)13/h1-11H,(H,22,23)/b9-6+. The Balaban J connectivity index is 1.82. The number of anilines is 1. The quantitative estimate of drug-likeness (QED) is 0.738. The molecule has 0 aliphatic heterocycles. The fraction of sp³-hybridized carbons (Fsp3) is 0. The number of fused-ring (bicyclic) bond motifs is 1. The normalized spacial score (nSPS) is 11.0. The van der Waals surface area contributed by atoms with Crippen LogP contribution < -0.4 is 5.32 Å². The Bertz CT molecular complexity index is 901. The van der Waals surface area contributed by atoms with Gasteiger partial charge in [-0.15, -0.1) is 0 Å². The lowest BCUT2D eigenvalue weighted by Gasteiger charge is -2.04. The largest absolute Gasteiger partial charge is 0.320 e. The van der Waals surface area contributed by atoms with E-state index in [0.717, 1.165) is 34.7 Å². The van der Waals surface area contributed by atoms with E-state index in [0.29, 0.717) is 0 Å². The highest BCUT2D eigenvalue weighted by Gasteiger charge is 2.06. The Morgan fingerprint density at radius 3 is 2.78 bits per heavy atom. The molecule has 0 saturated heterocycles. The third kappa shape index (κ3) is 3.40. The van der Waals surface area contributed by atoms with Crippen LogP contribution in [-0.2, 0) is 4.79 Å². The molecule has 2 aromatic carbocycles. The summed E-state index contributed by atoms with van der Waals surface area (Å²) in [5, 5.41) is 3.26. The van der Waals surface area contributed by atoms with E-state index in [1.807, 2.05) is 30.3 Å². The molecule has 1 heterocycles. The zero-order valence-corrected chi connectivity index (χ0v) is 12.0. The van der Waals surface area contributed by atoms with Crippen molar-refractivity contribution < 1.29 is 13.6 Å². The molecular formula is C18H12F2N2O. The van der Waals surface area contributed by atoms with Gasteiger partial charge in [-0.05, 0) is 24.3 Å². The smallest absolute Gasteiger partial charge is 0.248 e. The van der Waals surface area contributed by atoms with Crippen LogP contribution in [0.5, 0.6) is 0 Å². The summed E-state index contributed by atoms with van der Waals surface area (Å²) >= 11 is 0. The number of nitrogens with zero attached hydrogens (tertiary/aromatic N) is 1. The second-order valence-electron chi connectivity index (χ2n) is 4.87. The maximum Gasteiger partial charge on any atom is 0.248 e. The number of nitrogens with one attached hydrogen (secondary N) is 1. The fourth-order valence-corrected chi connectivity index (χ4v) is 2.20. The van der Waals surface area contributed by atoms with Gasteiger partial charge < -0.3 is 5.32 Å². The van der Waals surface area contributed by atoms with Crippen molar-refractivity contribution in [3.63, 3.8) is 0 Å². The van der Waals surface area contributed by atoms with Gasteiger partial charge in [-0.1, -0.05) is 24.3 Å². The first-order chi connectivity index (χ1) is 11.1. The van der Waals surface area contributed by atoms with E-state index in [1.165, 1.54) is 6.08 Å². The van der Waals surface area contributed by atoms with Gasteiger partial charge >= 0.3 is 0 Å². The molecule has 23 heavy (non-hydrogen) atoms. The van der Waals surface area contributed by atoms with E-state index in [2.05, 4.69) is 10.3 Å². The van der Waals surface area contributed by atoms with Crippen molar-refractivity contribution in [2.24, 2.45) is 0 Å². The number of halogens is 2. The second-order valence-corrected chi connectivity index (χ2v) is 4.87. The molecule has 0 fully saturated rings. The molecule has 1 amide bonds. The summed E-state index contributed by atoms with van der Waals surface area (Å²) in [7, 11) is 0. The minimum atomic E-state index is -0.694. The highest BCUT2D eigenvalue weighted by atomic mass is 19.1. The van der Waals surface area contributed by atoms with E-state index in [9.17, 15) is 13.6 Å². The van der Waals surface area contributed by atoms with E-state index in [4.69, 9.17) is 0 Å². The number of amides is 1. The molecule has 0 bridgehead atoms. The average molecular weight is 310 g/mol. The number of hydrogen-bond acceptors (Lipinski definition) is 2. The first-order valence-electron chi connectivity index (χ1n) is 6.91. The molecule has 5 heteroatoms. The van der Waals surface area contributed by atoms with Crippen molar-refractivity contribution >= 4 is 28.6 Å². The Kier molecular flexibility index (Phi) is 4.10. The number of para-hydroxylation sites is 1. The lowest BCUT2D eigenvalue weighted by atomic mass is 10.1. The summed E-state index contributed by atoms with van der Waals surface area (Å²) in [6.45, 7) is 0. The molecule has 0 aliphatic rings. The Morgan fingerprint density at radius 1 is 1.09 bits per heavy atom. The number of benzene rings is 2. The molecule has 0 aliphatic carbocycles. The van der Waals surface area contributed by atoms with Crippen LogP contribution in [0.3, 0.4) is 0 Å². The summed E-state index contributed by atoms with van der Waals surface area (Å²) in [6.07, 6.45) is 4.51. The SMILES string of the molecule is O=C(/C=C/c1cccc2cccnc12)Nc1cc(F)ccc1F. The zero-order valence-electron chi connectivity index (χ0n) is 12.0.